The Labute approximate surface area is 149 Å². The third kappa shape index (κ3) is 3.70. The fourth-order valence-electron chi connectivity index (χ4n) is 2.39. The minimum absolute atomic E-state index is 0.0778. The zero-order valence-corrected chi connectivity index (χ0v) is 14.1. The lowest BCUT2D eigenvalue weighted by atomic mass is 10.2. The topological polar surface area (TPSA) is 58.6 Å². The Bertz CT molecular complexity index is 778. The maximum absolute atomic E-state index is 12.3. The second kappa shape index (κ2) is 7.21. The minimum Gasteiger partial charge on any atom is -0.370 e. The van der Waals surface area contributed by atoms with Crippen LogP contribution in [0.5, 0.6) is 0 Å². The molecular weight excluding hydrogens is 351 g/mol. The van der Waals surface area contributed by atoms with Gasteiger partial charge in [-0.25, -0.2) is 0 Å². The molecule has 0 atom stereocenters. The van der Waals surface area contributed by atoms with Gasteiger partial charge in [0.2, 0.25) is 0 Å². The third-order valence-electron chi connectivity index (χ3n) is 3.60. The number of carbonyl (C=O) groups is 2. The molecule has 0 unspecified atom stereocenters. The van der Waals surface area contributed by atoms with Crippen LogP contribution in [0.3, 0.4) is 0 Å². The summed E-state index contributed by atoms with van der Waals surface area (Å²) in [7, 11) is 0. The van der Waals surface area contributed by atoms with E-state index < -0.39 is 0 Å². The Morgan fingerprint density at radius 1 is 1.12 bits per heavy atom. The minimum atomic E-state index is -0.327. The van der Waals surface area contributed by atoms with Gasteiger partial charge in [-0.1, -0.05) is 23.2 Å². The van der Waals surface area contributed by atoms with E-state index >= 15 is 0 Å². The van der Waals surface area contributed by atoms with Crippen molar-refractivity contribution in [3.63, 3.8) is 0 Å². The fraction of sp³-hybridized carbons (Fsp3) is 0.176. The number of anilines is 2. The van der Waals surface area contributed by atoms with Crippen molar-refractivity contribution in [1.82, 2.24) is 0 Å². The van der Waals surface area contributed by atoms with Gasteiger partial charge >= 0.3 is 0 Å². The second-order valence-corrected chi connectivity index (χ2v) is 6.07. The number of halogens is 2. The summed E-state index contributed by atoms with van der Waals surface area (Å²) in [4.78, 5) is 25.7. The van der Waals surface area contributed by atoms with Crippen LogP contribution in [0.25, 0.3) is 0 Å². The standard InChI is InChI=1S/C17H14Cl2N2O3/c18-11-1-6-14(15(19)9-11)17(23)20-12-2-4-13(5-3-12)21-7-8-24-10-16(21)22/h1-6,9H,7-8,10H2,(H,20,23). The molecule has 1 saturated heterocycles. The van der Waals surface area contributed by atoms with Crippen LogP contribution in [-0.2, 0) is 9.53 Å². The molecule has 0 aliphatic carbocycles. The Morgan fingerprint density at radius 2 is 1.88 bits per heavy atom. The number of morpholine rings is 1. The SMILES string of the molecule is O=C(Nc1ccc(N2CCOCC2=O)cc1)c1ccc(Cl)cc1Cl. The quantitative estimate of drug-likeness (QED) is 0.904. The molecule has 5 nitrogen and oxygen atoms in total. The van der Waals surface area contributed by atoms with E-state index in [-0.39, 0.29) is 23.4 Å². The van der Waals surface area contributed by atoms with Gasteiger partial charge in [0.15, 0.2) is 0 Å². The van der Waals surface area contributed by atoms with E-state index in [1.165, 1.54) is 6.07 Å². The van der Waals surface area contributed by atoms with Gasteiger partial charge in [-0.2, -0.15) is 0 Å². The molecule has 0 bridgehead atoms. The summed E-state index contributed by atoms with van der Waals surface area (Å²) < 4.78 is 5.11. The van der Waals surface area contributed by atoms with Crippen LogP contribution in [0.4, 0.5) is 11.4 Å². The molecule has 0 radical (unpaired) electrons. The molecule has 1 aliphatic rings. The van der Waals surface area contributed by atoms with Crippen LogP contribution >= 0.6 is 23.2 Å². The predicted octanol–water partition coefficient (Wildman–Crippen LogP) is 3.61. The first-order valence-corrected chi connectivity index (χ1v) is 8.05. The highest BCUT2D eigenvalue weighted by Crippen LogP contribution is 2.23. The molecule has 2 aromatic rings. The van der Waals surface area contributed by atoms with Crippen molar-refractivity contribution in [1.29, 1.82) is 0 Å². The molecule has 0 aromatic heterocycles. The molecule has 2 aromatic carbocycles. The summed E-state index contributed by atoms with van der Waals surface area (Å²) in [6.45, 7) is 1.12. The Kier molecular flexibility index (Phi) is 5.04. The highest BCUT2D eigenvalue weighted by molar-refractivity contribution is 6.37. The largest absolute Gasteiger partial charge is 0.370 e. The molecule has 24 heavy (non-hydrogen) atoms. The smallest absolute Gasteiger partial charge is 0.257 e. The molecule has 7 heteroatoms. The van der Waals surface area contributed by atoms with Gasteiger partial charge in [0, 0.05) is 22.9 Å². The van der Waals surface area contributed by atoms with Gasteiger partial charge in [-0.05, 0) is 42.5 Å². The van der Waals surface area contributed by atoms with E-state index in [1.54, 1.807) is 41.3 Å². The summed E-state index contributed by atoms with van der Waals surface area (Å²) in [6, 6.07) is 11.7. The number of carbonyl (C=O) groups excluding carboxylic acids is 2. The van der Waals surface area contributed by atoms with Crippen molar-refractivity contribution >= 4 is 46.4 Å². The Balaban J connectivity index is 1.72. The van der Waals surface area contributed by atoms with E-state index in [4.69, 9.17) is 27.9 Å². The van der Waals surface area contributed by atoms with Crippen molar-refractivity contribution in [2.75, 3.05) is 30.0 Å². The third-order valence-corrected chi connectivity index (χ3v) is 4.15. The first kappa shape index (κ1) is 16.8. The van der Waals surface area contributed by atoms with Crippen molar-refractivity contribution < 1.29 is 14.3 Å². The molecule has 1 heterocycles. The Morgan fingerprint density at radius 3 is 2.54 bits per heavy atom. The second-order valence-electron chi connectivity index (χ2n) is 5.22. The number of hydrogen-bond acceptors (Lipinski definition) is 3. The van der Waals surface area contributed by atoms with Gasteiger partial charge in [-0.15, -0.1) is 0 Å². The van der Waals surface area contributed by atoms with E-state index in [0.29, 0.717) is 29.4 Å². The number of ether oxygens (including phenoxy) is 1. The van der Waals surface area contributed by atoms with Crippen molar-refractivity contribution in [2.45, 2.75) is 0 Å². The van der Waals surface area contributed by atoms with Crippen LogP contribution in [0.2, 0.25) is 10.0 Å². The lowest BCUT2D eigenvalue weighted by molar-refractivity contribution is -0.125. The van der Waals surface area contributed by atoms with Crippen molar-refractivity contribution in [3.05, 3.63) is 58.1 Å². The van der Waals surface area contributed by atoms with Gasteiger partial charge in [0.05, 0.1) is 17.2 Å². The zero-order chi connectivity index (χ0) is 17.1. The highest BCUT2D eigenvalue weighted by atomic mass is 35.5. The van der Waals surface area contributed by atoms with Crippen LogP contribution in [-0.4, -0.2) is 31.6 Å². The first-order valence-electron chi connectivity index (χ1n) is 7.29. The fourth-order valence-corrected chi connectivity index (χ4v) is 2.88. The maximum atomic E-state index is 12.3. The highest BCUT2D eigenvalue weighted by Gasteiger charge is 2.20. The molecule has 124 valence electrons. The van der Waals surface area contributed by atoms with E-state index in [0.717, 1.165) is 5.69 Å². The number of nitrogens with zero attached hydrogens (tertiary/aromatic N) is 1. The molecule has 0 saturated carbocycles. The number of hydrogen-bond donors (Lipinski definition) is 1. The average molecular weight is 365 g/mol. The van der Waals surface area contributed by atoms with E-state index in [9.17, 15) is 9.59 Å². The number of nitrogens with one attached hydrogen (secondary N) is 1. The zero-order valence-electron chi connectivity index (χ0n) is 12.6. The molecule has 1 fully saturated rings. The van der Waals surface area contributed by atoms with Gasteiger partial charge in [0.25, 0.3) is 11.8 Å². The lowest BCUT2D eigenvalue weighted by Crippen LogP contribution is -2.41. The number of amides is 2. The van der Waals surface area contributed by atoms with Crippen LogP contribution in [0.15, 0.2) is 42.5 Å². The van der Waals surface area contributed by atoms with Crippen LogP contribution in [0.1, 0.15) is 10.4 Å². The average Bonchev–Trinajstić information content (AvgIpc) is 2.56. The summed E-state index contributed by atoms with van der Waals surface area (Å²) >= 11 is 11.9. The molecule has 0 spiro atoms. The van der Waals surface area contributed by atoms with E-state index in [1.807, 2.05) is 0 Å². The predicted molar refractivity (Wildman–Crippen MR) is 94.0 cm³/mol. The normalized spacial score (nSPS) is 14.6. The van der Waals surface area contributed by atoms with Crippen LogP contribution in [0, 0.1) is 0 Å². The molecule has 2 amide bonds. The molecule has 3 rings (SSSR count). The summed E-state index contributed by atoms with van der Waals surface area (Å²) in [5.74, 6) is -0.405. The molecule has 1 N–H and O–H groups in total. The van der Waals surface area contributed by atoms with Gasteiger partial charge in [-0.3, -0.25) is 9.59 Å². The van der Waals surface area contributed by atoms with Crippen molar-refractivity contribution in [2.24, 2.45) is 0 Å². The summed E-state index contributed by atoms with van der Waals surface area (Å²) in [6.07, 6.45) is 0. The van der Waals surface area contributed by atoms with Crippen LogP contribution < -0.4 is 10.2 Å². The van der Waals surface area contributed by atoms with Crippen molar-refractivity contribution in [3.8, 4) is 0 Å². The molecular formula is C17H14Cl2N2O3. The van der Waals surface area contributed by atoms with Gasteiger partial charge in [0.1, 0.15) is 6.61 Å². The number of benzene rings is 2. The van der Waals surface area contributed by atoms with Gasteiger partial charge < -0.3 is 15.0 Å². The first-order chi connectivity index (χ1) is 11.5. The van der Waals surface area contributed by atoms with E-state index in [2.05, 4.69) is 5.32 Å². The Hall–Kier alpha value is -2.08. The monoisotopic (exact) mass is 364 g/mol. The number of rotatable bonds is 3. The lowest BCUT2D eigenvalue weighted by Gasteiger charge is -2.26. The summed E-state index contributed by atoms with van der Waals surface area (Å²) in [5, 5.41) is 3.52. The summed E-state index contributed by atoms with van der Waals surface area (Å²) in [5.41, 5.74) is 1.72. The molecule has 1 aliphatic heterocycles. The maximum Gasteiger partial charge on any atom is 0.257 e.